The highest BCUT2D eigenvalue weighted by Gasteiger charge is 2.09. The smallest absolute Gasteiger partial charge is 0.161 e. The fourth-order valence-corrected chi connectivity index (χ4v) is 2.85. The molecule has 2 aromatic rings. The summed E-state index contributed by atoms with van der Waals surface area (Å²) in [5, 5.41) is 1.08. The summed E-state index contributed by atoms with van der Waals surface area (Å²) in [5.41, 5.74) is 1.60. The van der Waals surface area contributed by atoms with Gasteiger partial charge in [-0.25, -0.2) is 8.78 Å². The number of hydrogen-bond donors (Lipinski definition) is 1. The van der Waals surface area contributed by atoms with Crippen molar-refractivity contribution in [2.75, 3.05) is 4.72 Å². The monoisotopic (exact) mass is 333 g/mol. The molecule has 0 heterocycles. The first-order valence-electron chi connectivity index (χ1n) is 5.72. The van der Waals surface area contributed by atoms with Crippen LogP contribution in [-0.4, -0.2) is 0 Å². The van der Waals surface area contributed by atoms with E-state index in [9.17, 15) is 8.78 Å². The van der Waals surface area contributed by atoms with Gasteiger partial charge < -0.3 is 4.72 Å². The highest BCUT2D eigenvalue weighted by atomic mass is 35.5. The first-order valence-corrected chi connectivity index (χ1v) is 7.30. The molecule has 1 N–H and O–H groups in total. The van der Waals surface area contributed by atoms with E-state index in [1.165, 1.54) is 24.9 Å². The molecular weight excluding hydrogens is 323 g/mol. The summed E-state index contributed by atoms with van der Waals surface area (Å²) in [5.74, 6) is -1.72. The summed E-state index contributed by atoms with van der Waals surface area (Å²) < 4.78 is 29.4. The predicted molar refractivity (Wildman–Crippen MR) is 81.8 cm³/mol. The number of aryl methyl sites for hydroxylation is 2. The summed E-state index contributed by atoms with van der Waals surface area (Å²) in [6, 6.07) is 6.11. The van der Waals surface area contributed by atoms with Crippen molar-refractivity contribution in [3.63, 3.8) is 0 Å². The Labute approximate surface area is 130 Å². The molecule has 0 aliphatic rings. The molecule has 2 rings (SSSR count). The van der Waals surface area contributed by atoms with Crippen molar-refractivity contribution in [3.8, 4) is 0 Å². The standard InChI is InChI=1S/C14H11Cl2F2NS/c1-7-4-13(11(16)6-10(7)15)20-19-9-3-8(2)14(18)12(17)5-9/h3-6,19H,1-2H3. The third kappa shape index (κ3) is 3.37. The van der Waals surface area contributed by atoms with Gasteiger partial charge in [-0.2, -0.15) is 0 Å². The zero-order valence-corrected chi connectivity index (χ0v) is 13.1. The van der Waals surface area contributed by atoms with Crippen LogP contribution in [0.3, 0.4) is 0 Å². The lowest BCUT2D eigenvalue weighted by Crippen LogP contribution is -1.94. The lowest BCUT2D eigenvalue weighted by atomic mass is 10.2. The fourth-order valence-electron chi connectivity index (χ4n) is 1.61. The van der Waals surface area contributed by atoms with Crippen molar-refractivity contribution in [3.05, 3.63) is 57.1 Å². The third-order valence-electron chi connectivity index (χ3n) is 2.70. The largest absolute Gasteiger partial charge is 0.325 e. The van der Waals surface area contributed by atoms with Gasteiger partial charge in [0.25, 0.3) is 0 Å². The van der Waals surface area contributed by atoms with Crippen LogP contribution in [0, 0.1) is 25.5 Å². The van der Waals surface area contributed by atoms with Crippen molar-refractivity contribution >= 4 is 40.8 Å². The number of anilines is 1. The molecule has 0 spiro atoms. The summed E-state index contributed by atoms with van der Waals surface area (Å²) in [4.78, 5) is 0.760. The van der Waals surface area contributed by atoms with Crippen LogP contribution in [0.2, 0.25) is 10.0 Å². The molecule has 0 fully saturated rings. The fraction of sp³-hybridized carbons (Fsp3) is 0.143. The molecule has 0 bridgehead atoms. The lowest BCUT2D eigenvalue weighted by molar-refractivity contribution is 0.504. The molecular formula is C14H11Cl2F2NS. The number of benzene rings is 2. The molecule has 0 aromatic heterocycles. The van der Waals surface area contributed by atoms with Gasteiger partial charge in [0.1, 0.15) is 0 Å². The van der Waals surface area contributed by atoms with E-state index in [0.717, 1.165) is 16.5 Å². The van der Waals surface area contributed by atoms with Gasteiger partial charge in [-0.1, -0.05) is 23.2 Å². The Morgan fingerprint density at radius 3 is 2.30 bits per heavy atom. The Balaban J connectivity index is 2.19. The average molecular weight is 334 g/mol. The summed E-state index contributed by atoms with van der Waals surface area (Å²) in [6.45, 7) is 3.37. The van der Waals surface area contributed by atoms with Crippen molar-refractivity contribution in [2.24, 2.45) is 0 Å². The molecule has 0 unspecified atom stereocenters. The van der Waals surface area contributed by atoms with E-state index in [4.69, 9.17) is 23.2 Å². The van der Waals surface area contributed by atoms with Gasteiger partial charge in [-0.15, -0.1) is 0 Å². The quantitative estimate of drug-likeness (QED) is 0.690. The highest BCUT2D eigenvalue weighted by Crippen LogP contribution is 2.33. The van der Waals surface area contributed by atoms with Gasteiger partial charge in [0, 0.05) is 21.7 Å². The van der Waals surface area contributed by atoms with Crippen LogP contribution in [0.5, 0.6) is 0 Å². The Bertz CT molecular complexity index is 639. The van der Waals surface area contributed by atoms with Crippen LogP contribution in [0.25, 0.3) is 0 Å². The van der Waals surface area contributed by atoms with Crippen LogP contribution in [0.4, 0.5) is 14.5 Å². The van der Waals surface area contributed by atoms with Crippen LogP contribution in [-0.2, 0) is 0 Å². The Kier molecular flexibility index (Phi) is 4.78. The zero-order valence-electron chi connectivity index (χ0n) is 10.7. The van der Waals surface area contributed by atoms with E-state index in [0.29, 0.717) is 15.7 Å². The summed E-state index contributed by atoms with van der Waals surface area (Å²) in [7, 11) is 0. The Morgan fingerprint density at radius 2 is 1.65 bits per heavy atom. The minimum absolute atomic E-state index is 0.242. The maximum Gasteiger partial charge on any atom is 0.161 e. The summed E-state index contributed by atoms with van der Waals surface area (Å²) >= 11 is 13.2. The van der Waals surface area contributed by atoms with Gasteiger partial charge in [0.05, 0.1) is 5.02 Å². The molecule has 2 aromatic carbocycles. The van der Waals surface area contributed by atoms with E-state index in [1.54, 1.807) is 6.07 Å². The average Bonchev–Trinajstić information content (AvgIpc) is 2.38. The van der Waals surface area contributed by atoms with Gasteiger partial charge in [0.2, 0.25) is 0 Å². The van der Waals surface area contributed by atoms with E-state index >= 15 is 0 Å². The van der Waals surface area contributed by atoms with E-state index in [2.05, 4.69) is 4.72 Å². The normalized spacial score (nSPS) is 10.7. The van der Waals surface area contributed by atoms with E-state index < -0.39 is 11.6 Å². The van der Waals surface area contributed by atoms with Crippen molar-refractivity contribution < 1.29 is 8.78 Å². The Morgan fingerprint density at radius 1 is 0.950 bits per heavy atom. The first kappa shape index (κ1) is 15.4. The minimum atomic E-state index is -0.883. The molecule has 0 saturated carbocycles. The molecule has 0 aliphatic carbocycles. The van der Waals surface area contributed by atoms with Crippen LogP contribution < -0.4 is 4.72 Å². The van der Waals surface area contributed by atoms with E-state index in [1.807, 2.05) is 13.0 Å². The topological polar surface area (TPSA) is 12.0 Å². The second-order valence-electron chi connectivity index (χ2n) is 4.32. The maximum atomic E-state index is 13.3. The molecule has 0 aliphatic heterocycles. The van der Waals surface area contributed by atoms with Crippen LogP contribution >= 0.6 is 35.1 Å². The second kappa shape index (κ2) is 6.20. The molecule has 0 atom stereocenters. The molecule has 6 heteroatoms. The number of halogens is 4. The van der Waals surface area contributed by atoms with E-state index in [-0.39, 0.29) is 5.56 Å². The van der Waals surface area contributed by atoms with Gasteiger partial charge >= 0.3 is 0 Å². The van der Waals surface area contributed by atoms with Crippen molar-refractivity contribution in [1.29, 1.82) is 0 Å². The number of rotatable bonds is 3. The van der Waals surface area contributed by atoms with Crippen molar-refractivity contribution in [1.82, 2.24) is 0 Å². The Hall–Kier alpha value is -0.970. The number of hydrogen-bond acceptors (Lipinski definition) is 2. The first-order chi connectivity index (χ1) is 9.38. The van der Waals surface area contributed by atoms with Crippen molar-refractivity contribution in [2.45, 2.75) is 18.7 Å². The predicted octanol–water partition coefficient (Wildman–Crippen LogP) is 6.01. The van der Waals surface area contributed by atoms with Gasteiger partial charge in [0.15, 0.2) is 11.6 Å². The van der Waals surface area contributed by atoms with Gasteiger partial charge in [-0.05, 0) is 55.1 Å². The molecule has 0 amide bonds. The van der Waals surface area contributed by atoms with Crippen LogP contribution in [0.1, 0.15) is 11.1 Å². The van der Waals surface area contributed by atoms with Crippen LogP contribution in [0.15, 0.2) is 29.2 Å². The van der Waals surface area contributed by atoms with Gasteiger partial charge in [-0.3, -0.25) is 0 Å². The minimum Gasteiger partial charge on any atom is -0.325 e. The second-order valence-corrected chi connectivity index (χ2v) is 5.99. The summed E-state index contributed by atoms with van der Waals surface area (Å²) in [6.07, 6.45) is 0. The molecule has 0 radical (unpaired) electrons. The number of nitrogens with one attached hydrogen (secondary N) is 1. The molecule has 20 heavy (non-hydrogen) atoms. The third-order valence-corrected chi connectivity index (χ3v) is 4.43. The molecule has 0 saturated heterocycles. The SMILES string of the molecule is Cc1cc(SNc2cc(C)c(F)c(F)c2)c(Cl)cc1Cl. The molecule has 106 valence electrons. The molecule has 1 nitrogen and oxygen atoms in total. The maximum absolute atomic E-state index is 13.3. The lowest BCUT2D eigenvalue weighted by Gasteiger charge is -2.10. The zero-order chi connectivity index (χ0) is 14.9. The highest BCUT2D eigenvalue weighted by molar-refractivity contribution is 8.00.